The van der Waals surface area contributed by atoms with E-state index >= 15 is 0 Å². The number of rotatable bonds is 1. The zero-order valence-electron chi connectivity index (χ0n) is 12.4. The van der Waals surface area contributed by atoms with Crippen molar-refractivity contribution in [2.45, 2.75) is 13.8 Å². The van der Waals surface area contributed by atoms with E-state index in [0.29, 0.717) is 5.82 Å². The Labute approximate surface area is 141 Å². The van der Waals surface area contributed by atoms with E-state index in [-0.39, 0.29) is 0 Å². The SMILES string of the molecule is Cc1ccc(NC(=O)S)nc1.Cc1ccccc1.NC(=O)S. The number of nitrogens with two attached hydrogens (primary N) is 1. The largest absolute Gasteiger partial charge is 0.361 e. The topological polar surface area (TPSA) is 85.1 Å². The van der Waals surface area contributed by atoms with Gasteiger partial charge in [0.25, 0.3) is 10.5 Å². The van der Waals surface area contributed by atoms with Gasteiger partial charge in [0.15, 0.2) is 0 Å². The van der Waals surface area contributed by atoms with Crippen molar-refractivity contribution in [1.29, 1.82) is 0 Å². The highest BCUT2D eigenvalue weighted by molar-refractivity contribution is 7.97. The molecule has 1 aromatic heterocycles. The van der Waals surface area contributed by atoms with Crippen LogP contribution in [-0.2, 0) is 0 Å². The van der Waals surface area contributed by atoms with E-state index < -0.39 is 10.5 Å². The zero-order chi connectivity index (χ0) is 17.0. The minimum absolute atomic E-state index is 0.402. The maximum absolute atomic E-state index is 10.4. The molecule has 0 saturated carbocycles. The number of hydrogen-bond donors (Lipinski definition) is 4. The van der Waals surface area contributed by atoms with Crippen LogP contribution in [0.25, 0.3) is 0 Å². The zero-order valence-corrected chi connectivity index (χ0v) is 14.1. The van der Waals surface area contributed by atoms with E-state index in [4.69, 9.17) is 4.79 Å². The Kier molecular flexibility index (Phi) is 10.6. The molecule has 0 bridgehead atoms. The van der Waals surface area contributed by atoms with Crippen molar-refractivity contribution in [1.82, 2.24) is 4.98 Å². The average molecular weight is 337 g/mol. The van der Waals surface area contributed by atoms with Crippen molar-refractivity contribution in [3.8, 4) is 0 Å². The van der Waals surface area contributed by atoms with Crippen molar-refractivity contribution in [2.24, 2.45) is 5.73 Å². The lowest BCUT2D eigenvalue weighted by molar-refractivity contribution is 0.267. The third-order valence-corrected chi connectivity index (χ3v) is 2.20. The molecule has 5 nitrogen and oxygen atoms in total. The molecule has 0 aliphatic heterocycles. The van der Waals surface area contributed by atoms with Crippen molar-refractivity contribution < 1.29 is 9.59 Å². The first-order valence-electron chi connectivity index (χ1n) is 6.24. The second kappa shape index (κ2) is 11.6. The lowest BCUT2D eigenvalue weighted by Gasteiger charge is -1.98. The molecule has 2 amide bonds. The Morgan fingerprint density at radius 3 is 1.86 bits per heavy atom. The van der Waals surface area contributed by atoms with Crippen LogP contribution >= 0.6 is 25.3 Å². The van der Waals surface area contributed by atoms with Gasteiger partial charge in [0, 0.05) is 6.20 Å². The average Bonchev–Trinajstić information content (AvgIpc) is 2.42. The van der Waals surface area contributed by atoms with Gasteiger partial charge in [-0.15, -0.1) is 0 Å². The molecule has 3 N–H and O–H groups in total. The number of carbonyl (C=O) groups excluding carboxylic acids is 2. The van der Waals surface area contributed by atoms with Gasteiger partial charge >= 0.3 is 0 Å². The van der Waals surface area contributed by atoms with E-state index in [2.05, 4.69) is 60.3 Å². The number of nitrogens with one attached hydrogen (secondary N) is 1. The number of benzene rings is 1. The van der Waals surface area contributed by atoms with Gasteiger partial charge in [-0.25, -0.2) is 4.98 Å². The van der Waals surface area contributed by atoms with E-state index in [1.54, 1.807) is 12.3 Å². The number of thiol groups is 2. The summed E-state index contributed by atoms with van der Waals surface area (Å²) in [5.41, 5.74) is 6.72. The van der Waals surface area contributed by atoms with Gasteiger partial charge in [-0.1, -0.05) is 67.2 Å². The number of nitrogens with zero attached hydrogens (tertiary/aromatic N) is 1. The molecule has 0 radical (unpaired) electrons. The fourth-order valence-electron chi connectivity index (χ4n) is 1.19. The van der Waals surface area contributed by atoms with Crippen LogP contribution in [0.4, 0.5) is 15.4 Å². The monoisotopic (exact) mass is 337 g/mol. The maximum atomic E-state index is 10.4. The molecule has 1 aromatic carbocycles. The number of anilines is 1. The highest BCUT2D eigenvalue weighted by Crippen LogP contribution is 2.04. The van der Waals surface area contributed by atoms with Crippen LogP contribution in [0.1, 0.15) is 11.1 Å². The Balaban J connectivity index is 0.000000343. The third kappa shape index (κ3) is 13.0. The number of hydrogen-bond acceptors (Lipinski definition) is 3. The summed E-state index contributed by atoms with van der Waals surface area (Å²) in [4.78, 5) is 23.4. The molecule has 0 spiro atoms. The molecule has 0 fully saturated rings. The van der Waals surface area contributed by atoms with Gasteiger partial charge in [-0.05, 0) is 25.5 Å². The molecule has 2 aromatic rings. The molecule has 0 atom stereocenters. The van der Waals surface area contributed by atoms with Crippen molar-refractivity contribution in [3.05, 3.63) is 59.8 Å². The van der Waals surface area contributed by atoms with E-state index in [0.717, 1.165) is 5.56 Å². The summed E-state index contributed by atoms with van der Waals surface area (Å²) in [6.45, 7) is 4.01. The van der Waals surface area contributed by atoms with E-state index in [9.17, 15) is 4.79 Å². The summed E-state index contributed by atoms with van der Waals surface area (Å²) in [5, 5.41) is 1.41. The van der Waals surface area contributed by atoms with Gasteiger partial charge in [0.05, 0.1) is 0 Å². The molecular formula is C15H19N3O2S2. The molecular weight excluding hydrogens is 318 g/mol. The predicted molar refractivity (Wildman–Crippen MR) is 96.7 cm³/mol. The quantitative estimate of drug-likeness (QED) is 0.596. The number of pyridine rings is 1. The van der Waals surface area contributed by atoms with Gasteiger partial charge in [0.1, 0.15) is 5.82 Å². The van der Waals surface area contributed by atoms with Crippen LogP contribution in [0.3, 0.4) is 0 Å². The molecule has 2 rings (SSSR count). The minimum Gasteiger partial charge on any atom is -0.361 e. The number of primary amides is 1. The Bertz CT molecular complexity index is 571. The summed E-state index contributed by atoms with van der Waals surface area (Å²) in [7, 11) is 0. The van der Waals surface area contributed by atoms with Crippen LogP contribution in [0, 0.1) is 13.8 Å². The first-order chi connectivity index (χ1) is 10.3. The number of carbonyl (C=O) groups is 2. The second-order valence-electron chi connectivity index (χ2n) is 4.14. The van der Waals surface area contributed by atoms with Crippen LogP contribution in [0.15, 0.2) is 48.7 Å². The van der Waals surface area contributed by atoms with Gasteiger partial charge in [-0.3, -0.25) is 9.59 Å². The Morgan fingerprint density at radius 1 is 1.00 bits per heavy atom. The fourth-order valence-corrected chi connectivity index (χ4v) is 1.30. The first-order valence-corrected chi connectivity index (χ1v) is 7.13. The smallest absolute Gasteiger partial charge is 0.281 e. The van der Waals surface area contributed by atoms with Crippen LogP contribution in [0.2, 0.25) is 0 Å². The van der Waals surface area contributed by atoms with Gasteiger partial charge in [0.2, 0.25) is 0 Å². The summed E-state index contributed by atoms with van der Waals surface area (Å²) >= 11 is 6.65. The molecule has 22 heavy (non-hydrogen) atoms. The van der Waals surface area contributed by atoms with Crippen LogP contribution in [-0.4, -0.2) is 15.5 Å². The maximum Gasteiger partial charge on any atom is 0.281 e. The summed E-state index contributed by atoms with van der Waals surface area (Å²) in [5.74, 6) is 0.524. The summed E-state index contributed by atoms with van der Waals surface area (Å²) in [6.07, 6.45) is 1.68. The molecule has 118 valence electrons. The number of aryl methyl sites for hydroxylation is 2. The van der Waals surface area contributed by atoms with E-state index in [1.165, 1.54) is 5.56 Å². The number of amides is 2. The molecule has 0 saturated heterocycles. The Morgan fingerprint density at radius 2 is 1.55 bits per heavy atom. The summed E-state index contributed by atoms with van der Waals surface area (Å²) in [6, 6.07) is 13.9. The van der Waals surface area contributed by atoms with Crippen molar-refractivity contribution in [2.75, 3.05) is 5.32 Å². The van der Waals surface area contributed by atoms with Crippen molar-refractivity contribution >= 4 is 41.6 Å². The Hall–Kier alpha value is -1.99. The highest BCUT2D eigenvalue weighted by atomic mass is 32.1. The molecule has 1 heterocycles. The normalized spacial score (nSPS) is 8.55. The van der Waals surface area contributed by atoms with Crippen LogP contribution in [0.5, 0.6) is 0 Å². The highest BCUT2D eigenvalue weighted by Gasteiger charge is 1.94. The van der Waals surface area contributed by atoms with Crippen molar-refractivity contribution in [3.63, 3.8) is 0 Å². The van der Waals surface area contributed by atoms with E-state index in [1.807, 2.05) is 31.2 Å². The van der Waals surface area contributed by atoms with Crippen LogP contribution < -0.4 is 11.1 Å². The third-order valence-electron chi connectivity index (χ3n) is 2.09. The molecule has 7 heteroatoms. The first kappa shape index (κ1) is 20.0. The summed E-state index contributed by atoms with van der Waals surface area (Å²) < 4.78 is 0. The number of aromatic nitrogens is 1. The molecule has 0 unspecified atom stereocenters. The molecule has 0 aliphatic rings. The lowest BCUT2D eigenvalue weighted by atomic mass is 10.2. The fraction of sp³-hybridized carbons (Fsp3) is 0.133. The predicted octanol–water partition coefficient (Wildman–Crippen LogP) is 3.84. The lowest BCUT2D eigenvalue weighted by Crippen LogP contribution is -2.02. The molecule has 0 aliphatic carbocycles. The van der Waals surface area contributed by atoms with Gasteiger partial charge in [-0.2, -0.15) is 0 Å². The van der Waals surface area contributed by atoms with Gasteiger partial charge < -0.3 is 11.1 Å². The minimum atomic E-state index is -0.639. The standard InChI is InChI=1S/C7H8N2OS.C7H8.CH3NOS/c1-5-2-3-6(8-4-5)9-7(10)11;1-7-5-3-2-4-6-7;2-1(3)4/h2-4H,1H3,(H2,8,9,10,11);2-6H,1H3;(H3,2,3,4). The second-order valence-corrected chi connectivity index (χ2v) is 4.99.